The fourth-order valence-corrected chi connectivity index (χ4v) is 2.15. The van der Waals surface area contributed by atoms with Gasteiger partial charge in [0, 0.05) is 17.0 Å². The van der Waals surface area contributed by atoms with E-state index in [0.29, 0.717) is 17.1 Å². The monoisotopic (exact) mass is 306 g/mol. The standard InChI is InChI=1S/C17H23ClN2O/c1-2-3-4-5-6-9-17(21)20-16-13-15(18)11-10-14(16)8-7-12-19/h10-11,13H,2-6,9,12,19H2,1H3,(H,20,21). The Kier molecular flexibility index (Phi) is 8.57. The number of rotatable bonds is 7. The second kappa shape index (κ2) is 10.3. The van der Waals surface area contributed by atoms with E-state index in [1.165, 1.54) is 19.3 Å². The van der Waals surface area contributed by atoms with Crippen LogP contribution in [-0.2, 0) is 4.79 Å². The van der Waals surface area contributed by atoms with Crippen molar-refractivity contribution in [3.8, 4) is 11.8 Å². The Balaban J connectivity index is 2.56. The molecule has 0 aromatic heterocycles. The fourth-order valence-electron chi connectivity index (χ4n) is 1.98. The summed E-state index contributed by atoms with van der Waals surface area (Å²) in [6.07, 6.45) is 6.16. The van der Waals surface area contributed by atoms with Gasteiger partial charge in [0.2, 0.25) is 5.91 Å². The minimum Gasteiger partial charge on any atom is -0.325 e. The Hall–Kier alpha value is -1.50. The van der Waals surface area contributed by atoms with E-state index in [0.717, 1.165) is 18.4 Å². The lowest BCUT2D eigenvalue weighted by atomic mass is 10.1. The summed E-state index contributed by atoms with van der Waals surface area (Å²) in [7, 11) is 0. The molecule has 0 heterocycles. The van der Waals surface area contributed by atoms with Crippen LogP contribution in [0.2, 0.25) is 5.02 Å². The lowest BCUT2D eigenvalue weighted by Crippen LogP contribution is -2.12. The zero-order chi connectivity index (χ0) is 15.5. The highest BCUT2D eigenvalue weighted by atomic mass is 35.5. The molecule has 0 radical (unpaired) electrons. The average molecular weight is 307 g/mol. The first-order chi connectivity index (χ1) is 10.2. The number of nitrogens with two attached hydrogens (primary N) is 1. The Morgan fingerprint density at radius 3 is 2.76 bits per heavy atom. The van der Waals surface area contributed by atoms with Crippen molar-refractivity contribution in [2.75, 3.05) is 11.9 Å². The van der Waals surface area contributed by atoms with Gasteiger partial charge in [0.15, 0.2) is 0 Å². The molecule has 0 saturated heterocycles. The maximum atomic E-state index is 12.0. The lowest BCUT2D eigenvalue weighted by molar-refractivity contribution is -0.116. The molecule has 21 heavy (non-hydrogen) atoms. The molecule has 1 aromatic carbocycles. The molecule has 114 valence electrons. The zero-order valence-electron chi connectivity index (χ0n) is 12.5. The Morgan fingerprint density at radius 2 is 2.05 bits per heavy atom. The van der Waals surface area contributed by atoms with E-state index < -0.39 is 0 Å². The first kappa shape index (κ1) is 17.6. The van der Waals surface area contributed by atoms with Crippen LogP contribution in [0.25, 0.3) is 0 Å². The minimum atomic E-state index is 0.00423. The van der Waals surface area contributed by atoms with Crippen LogP contribution in [0.1, 0.15) is 51.0 Å². The molecule has 1 aromatic rings. The number of hydrogen-bond acceptors (Lipinski definition) is 2. The van der Waals surface area contributed by atoms with Gasteiger partial charge in [0.25, 0.3) is 0 Å². The van der Waals surface area contributed by atoms with Crippen molar-refractivity contribution in [1.29, 1.82) is 0 Å². The number of benzene rings is 1. The van der Waals surface area contributed by atoms with Gasteiger partial charge in [-0.15, -0.1) is 0 Å². The second-order valence-corrected chi connectivity index (χ2v) is 5.34. The molecule has 0 aliphatic heterocycles. The molecule has 3 nitrogen and oxygen atoms in total. The summed E-state index contributed by atoms with van der Waals surface area (Å²) < 4.78 is 0. The number of anilines is 1. The molecule has 1 amide bonds. The van der Waals surface area contributed by atoms with E-state index in [9.17, 15) is 4.79 Å². The molecule has 0 spiro atoms. The van der Waals surface area contributed by atoms with Gasteiger partial charge in [-0.05, 0) is 24.6 Å². The summed E-state index contributed by atoms with van der Waals surface area (Å²) in [5.74, 6) is 5.73. The highest BCUT2D eigenvalue weighted by Gasteiger charge is 2.06. The van der Waals surface area contributed by atoms with Crippen LogP contribution in [0, 0.1) is 11.8 Å². The molecule has 4 heteroatoms. The van der Waals surface area contributed by atoms with E-state index in [4.69, 9.17) is 17.3 Å². The molecule has 0 aliphatic rings. The fraction of sp³-hybridized carbons (Fsp3) is 0.471. The number of halogens is 1. The number of hydrogen-bond donors (Lipinski definition) is 2. The number of amides is 1. The van der Waals surface area contributed by atoms with E-state index in [2.05, 4.69) is 24.1 Å². The number of carbonyl (C=O) groups is 1. The van der Waals surface area contributed by atoms with Gasteiger partial charge in [0.1, 0.15) is 0 Å². The van der Waals surface area contributed by atoms with Gasteiger partial charge in [-0.2, -0.15) is 0 Å². The Labute approximate surface area is 132 Å². The first-order valence-corrected chi connectivity index (χ1v) is 7.83. The van der Waals surface area contributed by atoms with Crippen LogP contribution >= 0.6 is 11.6 Å². The van der Waals surface area contributed by atoms with E-state index in [1.807, 2.05) is 0 Å². The molecule has 0 atom stereocenters. The van der Waals surface area contributed by atoms with E-state index >= 15 is 0 Å². The molecule has 0 unspecified atom stereocenters. The molecule has 0 saturated carbocycles. The topological polar surface area (TPSA) is 55.1 Å². The van der Waals surface area contributed by atoms with Crippen LogP contribution in [0.4, 0.5) is 5.69 Å². The summed E-state index contributed by atoms with van der Waals surface area (Å²) in [5.41, 5.74) is 6.77. The number of carbonyl (C=O) groups excluding carboxylic acids is 1. The van der Waals surface area contributed by atoms with Crippen molar-refractivity contribution in [2.24, 2.45) is 5.73 Å². The summed E-state index contributed by atoms with van der Waals surface area (Å²) in [6.45, 7) is 2.46. The van der Waals surface area contributed by atoms with Gasteiger partial charge < -0.3 is 11.1 Å². The number of unbranched alkanes of at least 4 members (excludes halogenated alkanes) is 4. The van der Waals surface area contributed by atoms with Gasteiger partial charge in [-0.25, -0.2) is 0 Å². The quantitative estimate of drug-likeness (QED) is 0.592. The SMILES string of the molecule is CCCCCCCC(=O)Nc1cc(Cl)ccc1C#CCN. The maximum absolute atomic E-state index is 12.0. The average Bonchev–Trinajstić information content (AvgIpc) is 2.46. The maximum Gasteiger partial charge on any atom is 0.224 e. The normalized spacial score (nSPS) is 9.86. The van der Waals surface area contributed by atoms with Crippen LogP contribution < -0.4 is 11.1 Å². The third kappa shape index (κ3) is 7.17. The molecule has 0 aliphatic carbocycles. The Bertz CT molecular complexity index is 517. The third-order valence-electron chi connectivity index (χ3n) is 3.09. The minimum absolute atomic E-state index is 0.00423. The molecule has 1 rings (SSSR count). The zero-order valence-corrected chi connectivity index (χ0v) is 13.3. The summed E-state index contributed by atoms with van der Waals surface area (Å²) in [6, 6.07) is 5.27. The van der Waals surface area contributed by atoms with Gasteiger partial charge in [-0.3, -0.25) is 4.79 Å². The van der Waals surface area contributed by atoms with Crippen LogP contribution in [0.5, 0.6) is 0 Å². The molecular formula is C17H23ClN2O. The summed E-state index contributed by atoms with van der Waals surface area (Å²) in [5, 5.41) is 3.46. The summed E-state index contributed by atoms with van der Waals surface area (Å²) in [4.78, 5) is 12.0. The smallest absolute Gasteiger partial charge is 0.224 e. The highest BCUT2D eigenvalue weighted by molar-refractivity contribution is 6.31. The third-order valence-corrected chi connectivity index (χ3v) is 3.32. The molecular weight excluding hydrogens is 284 g/mol. The van der Waals surface area contributed by atoms with E-state index in [-0.39, 0.29) is 12.5 Å². The van der Waals surface area contributed by atoms with Crippen molar-refractivity contribution >= 4 is 23.2 Å². The molecule has 3 N–H and O–H groups in total. The van der Waals surface area contributed by atoms with Crippen molar-refractivity contribution in [3.63, 3.8) is 0 Å². The summed E-state index contributed by atoms with van der Waals surface area (Å²) >= 11 is 5.97. The molecule has 0 bridgehead atoms. The van der Waals surface area contributed by atoms with Crippen LogP contribution in [-0.4, -0.2) is 12.5 Å². The second-order valence-electron chi connectivity index (χ2n) is 4.91. The lowest BCUT2D eigenvalue weighted by Gasteiger charge is -2.08. The number of nitrogens with one attached hydrogen (secondary N) is 1. The van der Waals surface area contributed by atoms with Crippen molar-refractivity contribution in [1.82, 2.24) is 0 Å². The van der Waals surface area contributed by atoms with Crippen LogP contribution in [0.3, 0.4) is 0 Å². The van der Waals surface area contributed by atoms with Gasteiger partial charge in [-0.1, -0.05) is 56.0 Å². The molecule has 0 fully saturated rings. The van der Waals surface area contributed by atoms with Crippen LogP contribution in [0.15, 0.2) is 18.2 Å². The van der Waals surface area contributed by atoms with E-state index in [1.54, 1.807) is 18.2 Å². The highest BCUT2D eigenvalue weighted by Crippen LogP contribution is 2.21. The van der Waals surface area contributed by atoms with Gasteiger partial charge in [0.05, 0.1) is 12.2 Å². The van der Waals surface area contributed by atoms with Crippen molar-refractivity contribution in [3.05, 3.63) is 28.8 Å². The Morgan fingerprint density at radius 1 is 1.29 bits per heavy atom. The largest absolute Gasteiger partial charge is 0.325 e. The predicted octanol–water partition coefficient (Wildman–Crippen LogP) is 3.95. The van der Waals surface area contributed by atoms with Crippen molar-refractivity contribution < 1.29 is 4.79 Å². The predicted molar refractivity (Wildman–Crippen MR) is 89.4 cm³/mol. The first-order valence-electron chi connectivity index (χ1n) is 7.45. The van der Waals surface area contributed by atoms with Crippen molar-refractivity contribution in [2.45, 2.75) is 45.4 Å². The van der Waals surface area contributed by atoms with Gasteiger partial charge >= 0.3 is 0 Å².